The van der Waals surface area contributed by atoms with E-state index in [4.69, 9.17) is 0 Å². The molecular weight excluding hydrogens is 601 g/mol. The van der Waals surface area contributed by atoms with Crippen LogP contribution in [0.25, 0.3) is 0 Å². The Balaban J connectivity index is 1.84. The summed E-state index contributed by atoms with van der Waals surface area (Å²) in [6, 6.07) is 25.9. The van der Waals surface area contributed by atoms with E-state index in [2.05, 4.69) is 5.32 Å². The molecule has 242 valence electrons. The van der Waals surface area contributed by atoms with Crippen molar-refractivity contribution in [1.82, 2.24) is 10.2 Å². The van der Waals surface area contributed by atoms with Crippen molar-refractivity contribution in [3.05, 3.63) is 131 Å². The molecule has 0 saturated carbocycles. The summed E-state index contributed by atoms with van der Waals surface area (Å²) in [6.07, 6.45) is 0.817. The fourth-order valence-electron chi connectivity index (χ4n) is 5.24. The Morgan fingerprint density at radius 1 is 0.848 bits per heavy atom. The molecule has 0 aromatic heterocycles. The van der Waals surface area contributed by atoms with Crippen molar-refractivity contribution in [3.63, 3.8) is 0 Å². The van der Waals surface area contributed by atoms with Crippen LogP contribution in [0.15, 0.2) is 102 Å². The summed E-state index contributed by atoms with van der Waals surface area (Å²) in [5, 5.41) is 2.99. The molecule has 7 nitrogen and oxygen atoms in total. The third-order valence-electron chi connectivity index (χ3n) is 8.08. The predicted octanol–water partition coefficient (Wildman–Crippen LogP) is 6.50. The second kappa shape index (κ2) is 15.2. The van der Waals surface area contributed by atoms with Crippen LogP contribution >= 0.6 is 0 Å². The van der Waals surface area contributed by atoms with Gasteiger partial charge in [0.05, 0.1) is 10.6 Å². The van der Waals surface area contributed by atoms with E-state index in [1.807, 2.05) is 64.1 Å². The zero-order chi connectivity index (χ0) is 33.4. The number of aryl methyl sites for hydroxylation is 3. The quantitative estimate of drug-likeness (QED) is 0.180. The maximum Gasteiger partial charge on any atom is 0.264 e. The van der Waals surface area contributed by atoms with Crippen LogP contribution in [0.1, 0.15) is 48.1 Å². The van der Waals surface area contributed by atoms with Gasteiger partial charge >= 0.3 is 0 Å². The van der Waals surface area contributed by atoms with Gasteiger partial charge in [0.2, 0.25) is 11.8 Å². The average Bonchev–Trinajstić information content (AvgIpc) is 3.03. The van der Waals surface area contributed by atoms with Gasteiger partial charge in [0.25, 0.3) is 10.0 Å². The van der Waals surface area contributed by atoms with E-state index >= 15 is 4.39 Å². The number of rotatable bonds is 13. The highest BCUT2D eigenvalue weighted by Crippen LogP contribution is 2.29. The molecule has 0 radical (unpaired) electrons. The first kappa shape index (κ1) is 34.4. The third kappa shape index (κ3) is 8.40. The number of carbonyl (C=O) groups excluding carboxylic acids is 2. The normalized spacial score (nSPS) is 12.7. The molecule has 9 heteroatoms. The molecular formula is C37H42FN3O4S. The summed E-state index contributed by atoms with van der Waals surface area (Å²) in [4.78, 5) is 29.8. The number of amides is 2. The van der Waals surface area contributed by atoms with Crippen molar-refractivity contribution in [2.24, 2.45) is 0 Å². The van der Waals surface area contributed by atoms with Gasteiger partial charge in [-0.25, -0.2) is 12.8 Å². The van der Waals surface area contributed by atoms with Gasteiger partial charge < -0.3 is 10.2 Å². The van der Waals surface area contributed by atoms with Gasteiger partial charge in [0.15, 0.2) is 0 Å². The second-order valence-corrected chi connectivity index (χ2v) is 13.6. The molecule has 0 fully saturated rings. The van der Waals surface area contributed by atoms with Gasteiger partial charge in [-0.2, -0.15) is 0 Å². The lowest BCUT2D eigenvalue weighted by molar-refractivity contribution is -0.140. The second-order valence-electron chi connectivity index (χ2n) is 11.8. The van der Waals surface area contributed by atoms with Gasteiger partial charge in [0, 0.05) is 24.6 Å². The van der Waals surface area contributed by atoms with E-state index in [1.54, 1.807) is 49.4 Å². The molecule has 0 saturated heterocycles. The van der Waals surface area contributed by atoms with E-state index in [0.29, 0.717) is 17.7 Å². The first-order chi connectivity index (χ1) is 21.9. The Morgan fingerprint density at radius 3 is 2.11 bits per heavy atom. The van der Waals surface area contributed by atoms with E-state index in [-0.39, 0.29) is 29.5 Å². The van der Waals surface area contributed by atoms with Crippen molar-refractivity contribution in [1.29, 1.82) is 0 Å². The average molecular weight is 644 g/mol. The molecule has 0 aliphatic heterocycles. The molecule has 0 aliphatic carbocycles. The number of hydrogen-bond acceptors (Lipinski definition) is 4. The largest absolute Gasteiger partial charge is 0.352 e. The molecule has 4 aromatic carbocycles. The number of nitrogens with one attached hydrogen (secondary N) is 1. The lowest BCUT2D eigenvalue weighted by Crippen LogP contribution is -2.54. The number of sulfonamides is 1. The third-order valence-corrected chi connectivity index (χ3v) is 9.85. The van der Waals surface area contributed by atoms with Gasteiger partial charge in [-0.15, -0.1) is 0 Å². The Kier molecular flexibility index (Phi) is 11.4. The summed E-state index contributed by atoms with van der Waals surface area (Å²) in [5.41, 5.74) is 3.85. The van der Waals surface area contributed by atoms with Crippen molar-refractivity contribution < 1.29 is 22.4 Å². The Morgan fingerprint density at radius 2 is 1.48 bits per heavy atom. The minimum absolute atomic E-state index is 0.0295. The molecule has 4 aromatic rings. The van der Waals surface area contributed by atoms with Crippen molar-refractivity contribution in [2.45, 2.75) is 71.0 Å². The van der Waals surface area contributed by atoms with Gasteiger partial charge in [-0.1, -0.05) is 90.8 Å². The van der Waals surface area contributed by atoms with Crippen LogP contribution in [-0.4, -0.2) is 43.8 Å². The summed E-state index contributed by atoms with van der Waals surface area (Å²) in [6.45, 7) is 8.53. The molecule has 2 atom stereocenters. The maximum absolute atomic E-state index is 15.1. The first-order valence-corrected chi connectivity index (χ1v) is 16.9. The standard InChI is InChI=1S/C37H42FN3O4S/c1-6-29(5)39-37(43)35(23-30-12-8-7-9-13-30)40(24-31-14-10-11-15-33(31)38)36(42)25-41(34-21-18-27(3)22-28(34)4)46(44,45)32-19-16-26(2)17-20-32/h7-22,29,35H,6,23-25H2,1-5H3,(H,39,43)/t29-,35-/m1/s1. The molecule has 0 bridgehead atoms. The molecule has 0 heterocycles. The summed E-state index contributed by atoms with van der Waals surface area (Å²) in [5.74, 6) is -1.57. The fraction of sp³-hybridized carbons (Fsp3) is 0.297. The predicted molar refractivity (Wildman–Crippen MR) is 180 cm³/mol. The zero-order valence-electron chi connectivity index (χ0n) is 27.0. The van der Waals surface area contributed by atoms with Crippen LogP contribution in [0.5, 0.6) is 0 Å². The highest BCUT2D eigenvalue weighted by molar-refractivity contribution is 7.92. The number of hydrogen-bond donors (Lipinski definition) is 1. The van der Waals surface area contributed by atoms with Crippen LogP contribution in [0.2, 0.25) is 0 Å². The minimum Gasteiger partial charge on any atom is -0.352 e. The minimum atomic E-state index is -4.23. The highest BCUT2D eigenvalue weighted by Gasteiger charge is 2.35. The highest BCUT2D eigenvalue weighted by atomic mass is 32.2. The first-order valence-electron chi connectivity index (χ1n) is 15.4. The van der Waals surface area contributed by atoms with Gasteiger partial charge in [-0.3, -0.25) is 13.9 Å². The van der Waals surface area contributed by atoms with Crippen molar-refractivity contribution in [2.75, 3.05) is 10.8 Å². The van der Waals surface area contributed by atoms with Crippen LogP contribution in [0.4, 0.5) is 10.1 Å². The molecule has 1 N–H and O–H groups in total. The number of benzene rings is 4. The fourth-order valence-corrected chi connectivity index (χ4v) is 6.72. The molecule has 0 unspecified atom stereocenters. The van der Waals surface area contributed by atoms with Crippen LogP contribution in [-0.2, 0) is 32.6 Å². The maximum atomic E-state index is 15.1. The Hall–Kier alpha value is -4.50. The summed E-state index contributed by atoms with van der Waals surface area (Å²) in [7, 11) is -4.23. The molecule has 0 aliphatic rings. The molecule has 46 heavy (non-hydrogen) atoms. The number of carbonyl (C=O) groups is 2. The summed E-state index contributed by atoms with van der Waals surface area (Å²) >= 11 is 0. The van der Waals surface area contributed by atoms with E-state index in [0.717, 1.165) is 21.0 Å². The molecule has 0 spiro atoms. The van der Waals surface area contributed by atoms with Crippen LogP contribution < -0.4 is 9.62 Å². The lowest BCUT2D eigenvalue weighted by Gasteiger charge is -2.34. The SMILES string of the molecule is CC[C@@H](C)NC(=O)[C@@H](Cc1ccccc1)N(Cc1ccccc1F)C(=O)CN(c1ccc(C)cc1C)S(=O)(=O)c1ccc(C)cc1. The van der Waals surface area contributed by atoms with Crippen LogP contribution in [0, 0.1) is 26.6 Å². The van der Waals surface area contributed by atoms with Gasteiger partial charge in [-0.05, 0) is 69.5 Å². The number of anilines is 1. The van der Waals surface area contributed by atoms with Crippen molar-refractivity contribution in [3.8, 4) is 0 Å². The van der Waals surface area contributed by atoms with Crippen LogP contribution in [0.3, 0.4) is 0 Å². The topological polar surface area (TPSA) is 86.8 Å². The molecule has 2 amide bonds. The number of nitrogens with zero attached hydrogens (tertiary/aromatic N) is 2. The monoisotopic (exact) mass is 643 g/mol. The van der Waals surface area contributed by atoms with E-state index in [9.17, 15) is 18.0 Å². The van der Waals surface area contributed by atoms with Gasteiger partial charge in [0.1, 0.15) is 18.4 Å². The zero-order valence-corrected chi connectivity index (χ0v) is 27.9. The van der Waals surface area contributed by atoms with Crippen molar-refractivity contribution >= 4 is 27.5 Å². The van der Waals surface area contributed by atoms with E-state index in [1.165, 1.54) is 23.1 Å². The van der Waals surface area contributed by atoms with E-state index < -0.39 is 40.2 Å². The number of halogens is 1. The Labute approximate surface area is 272 Å². The lowest BCUT2D eigenvalue weighted by atomic mass is 10.0. The smallest absolute Gasteiger partial charge is 0.264 e. The summed E-state index contributed by atoms with van der Waals surface area (Å²) < 4.78 is 44.7. The Bertz CT molecular complexity index is 1760. The molecule has 4 rings (SSSR count).